The van der Waals surface area contributed by atoms with Gasteiger partial charge in [0.1, 0.15) is 16.2 Å². The van der Waals surface area contributed by atoms with Gasteiger partial charge in [-0.05, 0) is 12.1 Å². The van der Waals surface area contributed by atoms with Crippen molar-refractivity contribution in [1.29, 1.82) is 5.26 Å². The zero-order valence-electron chi connectivity index (χ0n) is 14.1. The van der Waals surface area contributed by atoms with E-state index in [0.717, 1.165) is 0 Å². The molecular formula is C17H14N4O4S2. The van der Waals surface area contributed by atoms with Crippen molar-refractivity contribution >= 4 is 46.2 Å². The molecule has 2 fully saturated rings. The Morgan fingerprint density at radius 1 is 1.41 bits per heavy atom. The minimum atomic E-state index is -0.244. The molecule has 8 nitrogen and oxygen atoms in total. The quantitative estimate of drug-likeness (QED) is 0.564. The Hall–Kier alpha value is -2.61. The third-order valence-electron chi connectivity index (χ3n) is 4.05. The summed E-state index contributed by atoms with van der Waals surface area (Å²) in [6.45, 7) is 2.63. The smallest absolute Gasteiger partial charge is 0.266 e. The fourth-order valence-corrected chi connectivity index (χ4v) is 3.97. The van der Waals surface area contributed by atoms with Crippen LogP contribution in [0.1, 0.15) is 17.3 Å². The summed E-state index contributed by atoms with van der Waals surface area (Å²) in [7, 11) is 0. The first-order valence-corrected chi connectivity index (χ1v) is 9.39. The van der Waals surface area contributed by atoms with E-state index in [1.165, 1.54) is 22.7 Å². The number of furan rings is 1. The van der Waals surface area contributed by atoms with Crippen molar-refractivity contribution in [2.24, 2.45) is 0 Å². The second-order valence-electron chi connectivity index (χ2n) is 5.76. The minimum absolute atomic E-state index is 0.189. The summed E-state index contributed by atoms with van der Waals surface area (Å²) in [5.41, 5.74) is 0.189. The average molecular weight is 402 g/mol. The second kappa shape index (κ2) is 7.56. The monoisotopic (exact) mass is 402 g/mol. The Bertz CT molecular complexity index is 939. The van der Waals surface area contributed by atoms with E-state index in [9.17, 15) is 10.1 Å². The Morgan fingerprint density at radius 3 is 2.93 bits per heavy atom. The average Bonchev–Trinajstić information content (AvgIpc) is 3.40. The van der Waals surface area contributed by atoms with Crippen LogP contribution >= 0.6 is 24.0 Å². The number of hydrogen-bond donors (Lipinski definition) is 0. The molecule has 10 heteroatoms. The molecule has 0 atom stereocenters. The normalized spacial score (nSPS) is 19.1. The number of nitrogens with zero attached hydrogens (tertiary/aromatic N) is 4. The molecule has 2 aliphatic heterocycles. The second-order valence-corrected chi connectivity index (χ2v) is 7.44. The highest BCUT2D eigenvalue weighted by Crippen LogP contribution is 2.34. The number of nitriles is 1. The van der Waals surface area contributed by atoms with Crippen LogP contribution in [-0.2, 0) is 16.1 Å². The fraction of sp³-hybridized carbons (Fsp3) is 0.294. The van der Waals surface area contributed by atoms with Crippen LogP contribution in [0.25, 0.3) is 6.08 Å². The molecule has 1 amide bonds. The molecule has 2 aromatic rings. The number of rotatable bonds is 4. The lowest BCUT2D eigenvalue weighted by Crippen LogP contribution is -2.36. The van der Waals surface area contributed by atoms with E-state index in [1.807, 2.05) is 11.0 Å². The predicted octanol–water partition coefficient (Wildman–Crippen LogP) is 2.38. The van der Waals surface area contributed by atoms with Gasteiger partial charge in [0.15, 0.2) is 0 Å². The molecule has 138 valence electrons. The lowest BCUT2D eigenvalue weighted by molar-refractivity contribution is -0.122. The summed E-state index contributed by atoms with van der Waals surface area (Å²) < 4.78 is 16.8. The molecule has 27 heavy (non-hydrogen) atoms. The van der Waals surface area contributed by atoms with Gasteiger partial charge in [-0.3, -0.25) is 9.69 Å². The van der Waals surface area contributed by atoms with E-state index in [-0.39, 0.29) is 24.0 Å². The maximum absolute atomic E-state index is 12.7. The number of carbonyl (C=O) groups is 1. The molecule has 4 heterocycles. The number of anilines is 1. The third-order valence-corrected chi connectivity index (χ3v) is 5.43. The van der Waals surface area contributed by atoms with Gasteiger partial charge in [0, 0.05) is 19.2 Å². The summed E-state index contributed by atoms with van der Waals surface area (Å²) in [6, 6.07) is 5.58. The van der Waals surface area contributed by atoms with Crippen LogP contribution < -0.4 is 4.90 Å². The van der Waals surface area contributed by atoms with Gasteiger partial charge in [-0.1, -0.05) is 24.0 Å². The molecule has 4 rings (SSSR count). The largest absolute Gasteiger partial charge is 0.467 e. The lowest BCUT2D eigenvalue weighted by atomic mass is 10.3. The molecule has 2 aromatic heterocycles. The van der Waals surface area contributed by atoms with Crippen molar-refractivity contribution in [3.8, 4) is 6.07 Å². The van der Waals surface area contributed by atoms with Gasteiger partial charge in [0.2, 0.25) is 17.5 Å². The van der Waals surface area contributed by atoms with E-state index in [1.54, 1.807) is 18.4 Å². The summed E-state index contributed by atoms with van der Waals surface area (Å²) in [5.74, 6) is 1.00. The molecule has 0 radical (unpaired) electrons. The first-order chi connectivity index (χ1) is 13.2. The van der Waals surface area contributed by atoms with Crippen LogP contribution in [0, 0.1) is 11.3 Å². The van der Waals surface area contributed by atoms with Crippen molar-refractivity contribution in [3.63, 3.8) is 0 Å². The summed E-state index contributed by atoms with van der Waals surface area (Å²) >= 11 is 6.47. The highest BCUT2D eigenvalue weighted by Gasteiger charge is 2.33. The number of ether oxygens (including phenoxy) is 1. The molecule has 2 aliphatic rings. The standard InChI is InChI=1S/C17H14N4O4S2/c18-9-12-16(20-3-6-23-7-4-20)25-14(19-12)8-13-15(22)21(17(26)27-13)10-11-2-1-5-24-11/h1-2,5,8H,3-4,6-7,10H2/b13-8-. The molecule has 0 aliphatic carbocycles. The number of oxazole rings is 1. The lowest BCUT2D eigenvalue weighted by Gasteiger charge is -2.25. The Labute approximate surface area is 164 Å². The number of morpholine rings is 1. The number of aromatic nitrogens is 1. The van der Waals surface area contributed by atoms with Gasteiger partial charge in [0.25, 0.3) is 5.91 Å². The molecular weight excluding hydrogens is 388 g/mol. The van der Waals surface area contributed by atoms with E-state index in [2.05, 4.69) is 4.98 Å². The van der Waals surface area contributed by atoms with Crippen molar-refractivity contribution in [2.45, 2.75) is 6.54 Å². The first-order valence-electron chi connectivity index (χ1n) is 8.17. The van der Waals surface area contributed by atoms with Crippen molar-refractivity contribution in [1.82, 2.24) is 9.88 Å². The topological polar surface area (TPSA) is 95.7 Å². The number of carbonyl (C=O) groups excluding carboxylic acids is 1. The molecule has 0 bridgehead atoms. The summed E-state index contributed by atoms with van der Waals surface area (Å²) in [4.78, 5) is 20.6. The van der Waals surface area contributed by atoms with Gasteiger partial charge in [0.05, 0.1) is 30.9 Å². The molecule has 0 saturated carbocycles. The highest BCUT2D eigenvalue weighted by molar-refractivity contribution is 8.26. The van der Waals surface area contributed by atoms with Crippen LogP contribution in [0.5, 0.6) is 0 Å². The zero-order chi connectivity index (χ0) is 18.8. The molecule has 0 N–H and O–H groups in total. The van der Waals surface area contributed by atoms with E-state index >= 15 is 0 Å². The Kier molecular flexibility index (Phi) is 4.98. The third kappa shape index (κ3) is 3.62. The maximum Gasteiger partial charge on any atom is 0.266 e. The molecule has 2 saturated heterocycles. The molecule has 0 spiro atoms. The Balaban J connectivity index is 1.56. The number of thioether (sulfide) groups is 1. The van der Waals surface area contributed by atoms with E-state index in [4.69, 9.17) is 25.8 Å². The zero-order valence-corrected chi connectivity index (χ0v) is 15.7. The first kappa shape index (κ1) is 17.8. The highest BCUT2D eigenvalue weighted by atomic mass is 32.2. The molecule has 0 aromatic carbocycles. The van der Waals surface area contributed by atoms with E-state index < -0.39 is 0 Å². The van der Waals surface area contributed by atoms with Crippen LogP contribution in [0.2, 0.25) is 0 Å². The van der Waals surface area contributed by atoms with Crippen LogP contribution in [0.3, 0.4) is 0 Å². The van der Waals surface area contributed by atoms with Crippen molar-refractivity contribution < 1.29 is 18.4 Å². The van der Waals surface area contributed by atoms with Crippen LogP contribution in [0.15, 0.2) is 32.1 Å². The fourth-order valence-electron chi connectivity index (χ4n) is 2.75. The van der Waals surface area contributed by atoms with E-state index in [0.29, 0.717) is 47.2 Å². The minimum Gasteiger partial charge on any atom is -0.467 e. The maximum atomic E-state index is 12.7. The summed E-state index contributed by atoms with van der Waals surface area (Å²) in [5, 5.41) is 9.34. The summed E-state index contributed by atoms with van der Waals surface area (Å²) in [6.07, 6.45) is 3.07. The predicted molar refractivity (Wildman–Crippen MR) is 102 cm³/mol. The van der Waals surface area contributed by atoms with Crippen molar-refractivity contribution in [2.75, 3.05) is 31.2 Å². The van der Waals surface area contributed by atoms with Crippen molar-refractivity contribution in [3.05, 3.63) is 40.6 Å². The van der Waals surface area contributed by atoms with Crippen LogP contribution in [-0.4, -0.2) is 46.4 Å². The SMILES string of the molecule is N#Cc1nc(/C=C2\SC(=S)N(Cc3ccco3)C2=O)oc1N1CCOCC1. The number of hydrogen-bond acceptors (Lipinski definition) is 9. The van der Waals surface area contributed by atoms with Crippen LogP contribution in [0.4, 0.5) is 5.88 Å². The van der Waals surface area contributed by atoms with Gasteiger partial charge < -0.3 is 18.5 Å². The van der Waals surface area contributed by atoms with Gasteiger partial charge in [-0.25, -0.2) is 0 Å². The number of thiocarbonyl (C=S) groups is 1. The van der Waals surface area contributed by atoms with Gasteiger partial charge in [-0.2, -0.15) is 10.2 Å². The molecule has 0 unspecified atom stereocenters. The van der Waals surface area contributed by atoms with Gasteiger partial charge in [-0.15, -0.1) is 0 Å². The Morgan fingerprint density at radius 2 is 2.22 bits per heavy atom. The number of amides is 1. The van der Waals surface area contributed by atoms with Gasteiger partial charge >= 0.3 is 0 Å².